The van der Waals surface area contributed by atoms with Crippen molar-refractivity contribution in [2.45, 2.75) is 27.4 Å². The van der Waals surface area contributed by atoms with Gasteiger partial charge in [0.1, 0.15) is 23.7 Å². The Bertz CT molecular complexity index is 1620. The molecule has 0 atom stereocenters. The number of hydrogen-bond donors (Lipinski definition) is 1. The van der Waals surface area contributed by atoms with Gasteiger partial charge in [0.2, 0.25) is 0 Å². The largest absolute Gasteiger partial charge is 0.489 e. The first-order chi connectivity index (χ1) is 18.7. The maximum Gasteiger partial charge on any atom is 0.335 e. The Kier molecular flexibility index (Phi) is 6.85. The summed E-state index contributed by atoms with van der Waals surface area (Å²) in [7, 11) is 0. The molecule has 196 valence electrons. The number of carbonyl (C=O) groups excluding carboxylic acids is 3. The molecule has 0 saturated carbocycles. The molecule has 39 heavy (non-hydrogen) atoms. The first-order valence-electron chi connectivity index (χ1n) is 12.4. The lowest BCUT2D eigenvalue weighted by Gasteiger charge is -2.27. The lowest BCUT2D eigenvalue weighted by molar-refractivity contribution is -0.122. The standard InChI is InChI=1S/C31H26FN3O4/c1-19-6-4-5-7-28(19)35-30(37)27(29(36)33-31(35)38)17-23-16-20(2)34(21(23)3)25-12-14-26(15-13-25)39-18-22-8-10-24(32)11-9-22/h4-17H,18H2,1-3H3,(H,33,36,38)/b27-17+. The van der Waals surface area contributed by atoms with Gasteiger partial charge in [-0.15, -0.1) is 0 Å². The second-order valence-corrected chi connectivity index (χ2v) is 9.32. The van der Waals surface area contributed by atoms with Crippen LogP contribution in [0.1, 0.15) is 28.1 Å². The van der Waals surface area contributed by atoms with Crippen LogP contribution in [-0.4, -0.2) is 22.4 Å². The number of nitrogens with zero attached hydrogens (tertiary/aromatic N) is 2. The summed E-state index contributed by atoms with van der Waals surface area (Å²) in [6, 6.07) is 21.8. The van der Waals surface area contributed by atoms with Crippen LogP contribution in [0, 0.1) is 26.6 Å². The molecule has 1 aliphatic rings. The summed E-state index contributed by atoms with van der Waals surface area (Å²) in [5, 5.41) is 2.28. The highest BCUT2D eigenvalue weighted by Crippen LogP contribution is 2.28. The molecule has 1 N–H and O–H groups in total. The predicted molar refractivity (Wildman–Crippen MR) is 146 cm³/mol. The van der Waals surface area contributed by atoms with Gasteiger partial charge in [0, 0.05) is 17.1 Å². The average Bonchev–Trinajstić information content (AvgIpc) is 3.20. The number of benzene rings is 3. The van der Waals surface area contributed by atoms with E-state index < -0.39 is 17.8 Å². The number of hydrogen-bond acceptors (Lipinski definition) is 4. The summed E-state index contributed by atoms with van der Waals surface area (Å²) in [5.41, 5.74) is 5.17. The molecule has 0 unspecified atom stereocenters. The van der Waals surface area contributed by atoms with Crippen LogP contribution in [0.3, 0.4) is 0 Å². The molecule has 1 aromatic heterocycles. The summed E-state index contributed by atoms with van der Waals surface area (Å²) in [4.78, 5) is 39.6. The highest BCUT2D eigenvalue weighted by Gasteiger charge is 2.37. The van der Waals surface area contributed by atoms with Crippen molar-refractivity contribution >= 4 is 29.6 Å². The van der Waals surface area contributed by atoms with Crippen LogP contribution in [0.5, 0.6) is 5.75 Å². The number of ether oxygens (including phenoxy) is 1. The van der Waals surface area contributed by atoms with Gasteiger partial charge in [-0.25, -0.2) is 14.1 Å². The number of amides is 4. The van der Waals surface area contributed by atoms with E-state index in [-0.39, 0.29) is 11.4 Å². The van der Waals surface area contributed by atoms with Gasteiger partial charge in [-0.1, -0.05) is 30.3 Å². The van der Waals surface area contributed by atoms with Crippen LogP contribution < -0.4 is 15.0 Å². The second kappa shape index (κ2) is 10.4. The maximum absolute atomic E-state index is 13.3. The van der Waals surface area contributed by atoms with Crippen molar-refractivity contribution in [2.75, 3.05) is 4.90 Å². The van der Waals surface area contributed by atoms with Crippen molar-refractivity contribution in [3.63, 3.8) is 0 Å². The first kappa shape index (κ1) is 25.7. The number of nitrogens with one attached hydrogen (secondary N) is 1. The summed E-state index contributed by atoms with van der Waals surface area (Å²) in [6.45, 7) is 5.94. The molecule has 0 spiro atoms. The van der Waals surface area contributed by atoms with Crippen LogP contribution in [0.25, 0.3) is 11.8 Å². The van der Waals surface area contributed by atoms with E-state index in [0.717, 1.165) is 33.1 Å². The van der Waals surface area contributed by atoms with E-state index in [0.29, 0.717) is 23.6 Å². The van der Waals surface area contributed by atoms with Crippen molar-refractivity contribution < 1.29 is 23.5 Å². The topological polar surface area (TPSA) is 80.6 Å². The van der Waals surface area contributed by atoms with Crippen molar-refractivity contribution in [3.8, 4) is 11.4 Å². The molecule has 7 nitrogen and oxygen atoms in total. The van der Waals surface area contributed by atoms with E-state index >= 15 is 0 Å². The molecular formula is C31H26FN3O4. The number of imide groups is 2. The molecule has 2 heterocycles. The number of urea groups is 1. The van der Waals surface area contributed by atoms with E-state index in [2.05, 4.69) is 5.32 Å². The molecule has 4 aromatic rings. The fourth-order valence-corrected chi connectivity index (χ4v) is 4.62. The fourth-order valence-electron chi connectivity index (χ4n) is 4.62. The lowest BCUT2D eigenvalue weighted by atomic mass is 10.1. The quantitative estimate of drug-likeness (QED) is 0.256. The van der Waals surface area contributed by atoms with E-state index in [1.54, 1.807) is 37.3 Å². The van der Waals surface area contributed by atoms with Gasteiger partial charge in [-0.2, -0.15) is 0 Å². The molecule has 4 amide bonds. The van der Waals surface area contributed by atoms with Crippen molar-refractivity contribution in [2.24, 2.45) is 0 Å². The number of rotatable bonds is 6. The molecule has 5 rings (SSSR count). The molecular weight excluding hydrogens is 497 g/mol. The van der Waals surface area contributed by atoms with Crippen LogP contribution in [0.15, 0.2) is 84.4 Å². The lowest BCUT2D eigenvalue weighted by Crippen LogP contribution is -2.54. The smallest absolute Gasteiger partial charge is 0.335 e. The monoisotopic (exact) mass is 523 g/mol. The fraction of sp³-hybridized carbons (Fsp3) is 0.129. The molecule has 1 saturated heterocycles. The third kappa shape index (κ3) is 5.09. The Morgan fingerprint density at radius 2 is 1.59 bits per heavy atom. The third-order valence-corrected chi connectivity index (χ3v) is 6.64. The van der Waals surface area contributed by atoms with E-state index in [1.165, 1.54) is 18.2 Å². The highest BCUT2D eigenvalue weighted by molar-refractivity contribution is 6.39. The molecule has 0 radical (unpaired) electrons. The van der Waals surface area contributed by atoms with Gasteiger partial charge in [0.25, 0.3) is 11.8 Å². The number of para-hydroxylation sites is 1. The maximum atomic E-state index is 13.3. The molecule has 1 aliphatic heterocycles. The van der Waals surface area contributed by atoms with Gasteiger partial charge in [0.05, 0.1) is 5.69 Å². The van der Waals surface area contributed by atoms with Crippen LogP contribution in [0.2, 0.25) is 0 Å². The van der Waals surface area contributed by atoms with E-state index in [4.69, 9.17) is 4.74 Å². The second-order valence-electron chi connectivity index (χ2n) is 9.32. The number of anilines is 1. The van der Waals surface area contributed by atoms with E-state index in [1.807, 2.05) is 54.8 Å². The van der Waals surface area contributed by atoms with Crippen LogP contribution in [0.4, 0.5) is 14.9 Å². The summed E-state index contributed by atoms with van der Waals surface area (Å²) >= 11 is 0. The van der Waals surface area contributed by atoms with Gasteiger partial charge < -0.3 is 9.30 Å². The highest BCUT2D eigenvalue weighted by atomic mass is 19.1. The average molecular weight is 524 g/mol. The van der Waals surface area contributed by atoms with E-state index in [9.17, 15) is 18.8 Å². The van der Waals surface area contributed by atoms with Crippen molar-refractivity contribution in [1.29, 1.82) is 0 Å². The third-order valence-electron chi connectivity index (χ3n) is 6.64. The van der Waals surface area contributed by atoms with Crippen molar-refractivity contribution in [3.05, 3.63) is 118 Å². The Morgan fingerprint density at radius 1 is 0.897 bits per heavy atom. The van der Waals surface area contributed by atoms with Gasteiger partial charge >= 0.3 is 6.03 Å². The summed E-state index contributed by atoms with van der Waals surface area (Å²) in [6.07, 6.45) is 1.52. The number of halogens is 1. The van der Waals surface area contributed by atoms with Gasteiger partial charge in [0.15, 0.2) is 0 Å². The minimum Gasteiger partial charge on any atom is -0.489 e. The molecule has 0 aliphatic carbocycles. The Morgan fingerprint density at radius 3 is 2.28 bits per heavy atom. The minimum atomic E-state index is -0.774. The Balaban J connectivity index is 1.40. The molecule has 0 bridgehead atoms. The number of aromatic nitrogens is 1. The zero-order valence-corrected chi connectivity index (χ0v) is 21.7. The zero-order valence-electron chi connectivity index (χ0n) is 21.7. The first-order valence-corrected chi connectivity index (χ1v) is 12.4. The zero-order chi connectivity index (χ0) is 27.7. The number of aryl methyl sites for hydroxylation is 2. The summed E-state index contributed by atoms with van der Waals surface area (Å²) in [5.74, 6) is -1.03. The normalized spacial score (nSPS) is 14.6. The summed E-state index contributed by atoms with van der Waals surface area (Å²) < 4.78 is 20.9. The molecule has 8 heteroatoms. The Labute approximate surface area is 225 Å². The number of carbonyl (C=O) groups is 3. The predicted octanol–water partition coefficient (Wildman–Crippen LogP) is 5.79. The Hall–Kier alpha value is -4.98. The SMILES string of the molecule is Cc1ccccc1N1C(=O)NC(=O)/C(=C\c2cc(C)n(-c3ccc(OCc4ccc(F)cc4)cc3)c2C)C1=O. The van der Waals surface area contributed by atoms with Gasteiger partial charge in [-0.3, -0.25) is 14.9 Å². The van der Waals surface area contributed by atoms with Crippen LogP contribution in [-0.2, 0) is 16.2 Å². The van der Waals surface area contributed by atoms with Crippen molar-refractivity contribution in [1.82, 2.24) is 9.88 Å². The number of barbiturate groups is 1. The van der Waals surface area contributed by atoms with Crippen LogP contribution >= 0.6 is 0 Å². The minimum absolute atomic E-state index is 0.123. The van der Waals surface area contributed by atoms with Gasteiger partial charge in [-0.05, 0) is 92.1 Å². The molecule has 3 aromatic carbocycles. The molecule has 1 fully saturated rings.